The Morgan fingerprint density at radius 2 is 2.03 bits per heavy atom. The molecule has 0 aliphatic heterocycles. The van der Waals surface area contributed by atoms with Gasteiger partial charge in [-0.2, -0.15) is 0 Å². The maximum atomic E-state index is 12.7. The lowest BCUT2D eigenvalue weighted by atomic mass is 10.2. The lowest BCUT2D eigenvalue weighted by molar-refractivity contribution is 0.0953. The van der Waals surface area contributed by atoms with Crippen LogP contribution in [0.2, 0.25) is 0 Å². The lowest BCUT2D eigenvalue weighted by Gasteiger charge is -2.20. The Hall–Kier alpha value is -1.91. The van der Waals surface area contributed by atoms with E-state index >= 15 is 0 Å². The summed E-state index contributed by atoms with van der Waals surface area (Å²) in [5, 5.41) is 10.2. The van der Waals surface area contributed by atoms with E-state index in [-0.39, 0.29) is 5.91 Å². The second kappa shape index (κ2) is 12.7. The van der Waals surface area contributed by atoms with Crippen molar-refractivity contribution in [1.82, 2.24) is 15.6 Å². The van der Waals surface area contributed by atoms with Gasteiger partial charge in [-0.3, -0.25) is 4.79 Å². The number of carbonyl (C=O) groups is 1. The van der Waals surface area contributed by atoms with Gasteiger partial charge in [-0.25, -0.2) is 4.98 Å². The molecule has 1 amide bonds. The molecule has 6 nitrogen and oxygen atoms in total. The first-order valence-electron chi connectivity index (χ1n) is 11.0. The second-order valence-corrected chi connectivity index (χ2v) is 10.0. The minimum Gasteiger partial charge on any atom is -0.370 e. The molecule has 1 aliphatic rings. The van der Waals surface area contributed by atoms with Crippen LogP contribution < -0.4 is 20.3 Å². The molecule has 7 heteroatoms. The van der Waals surface area contributed by atoms with Crippen molar-refractivity contribution >= 4 is 29.5 Å². The predicted molar refractivity (Wildman–Crippen MR) is 129 cm³/mol. The first-order valence-corrected chi connectivity index (χ1v) is 11.8. The van der Waals surface area contributed by atoms with Crippen LogP contribution in [0.5, 0.6) is 0 Å². The Morgan fingerprint density at radius 1 is 1.27 bits per heavy atom. The van der Waals surface area contributed by atoms with Crippen LogP contribution in [-0.4, -0.2) is 49.4 Å². The van der Waals surface area contributed by atoms with Crippen molar-refractivity contribution in [3.05, 3.63) is 17.7 Å². The van der Waals surface area contributed by atoms with Crippen LogP contribution in [0.1, 0.15) is 57.3 Å². The van der Waals surface area contributed by atoms with Gasteiger partial charge in [-0.05, 0) is 55.8 Å². The largest absolute Gasteiger partial charge is 0.370 e. The van der Waals surface area contributed by atoms with Gasteiger partial charge in [0.15, 0.2) is 0 Å². The number of anilines is 2. The Labute approximate surface area is 186 Å². The second-order valence-electron chi connectivity index (χ2n) is 8.34. The highest BCUT2D eigenvalue weighted by molar-refractivity contribution is 8.01. The van der Waals surface area contributed by atoms with E-state index in [0.29, 0.717) is 29.8 Å². The molecule has 1 aromatic rings. The van der Waals surface area contributed by atoms with Crippen LogP contribution in [0.15, 0.2) is 12.1 Å². The number of aromatic nitrogens is 1. The molecule has 1 aromatic heterocycles. The first kappa shape index (κ1) is 24.4. The normalized spacial score (nSPS) is 13.2. The molecule has 2 rings (SSSR count). The molecule has 1 heterocycles. The number of hydrogen-bond donors (Lipinski definition) is 3. The molecular formula is C23H37N5OS. The summed E-state index contributed by atoms with van der Waals surface area (Å²) < 4.78 is 2.03. The van der Waals surface area contributed by atoms with E-state index < -0.39 is 0 Å². The highest BCUT2D eigenvalue weighted by atomic mass is 32.2. The third kappa shape index (κ3) is 9.73. The Bertz CT molecular complexity index is 737. The first-order chi connectivity index (χ1) is 14.3. The van der Waals surface area contributed by atoms with E-state index in [1.54, 1.807) is 11.9 Å². The van der Waals surface area contributed by atoms with Gasteiger partial charge in [0.05, 0.1) is 6.54 Å². The summed E-state index contributed by atoms with van der Waals surface area (Å²) in [4.78, 5) is 17.4. The van der Waals surface area contributed by atoms with Crippen molar-refractivity contribution < 1.29 is 4.79 Å². The van der Waals surface area contributed by atoms with Crippen molar-refractivity contribution in [3.8, 4) is 11.8 Å². The number of hydrogen-bond acceptors (Lipinski definition) is 6. The van der Waals surface area contributed by atoms with Crippen molar-refractivity contribution in [2.24, 2.45) is 11.8 Å². The molecule has 0 aromatic carbocycles. The lowest BCUT2D eigenvalue weighted by Crippen LogP contribution is -2.28. The van der Waals surface area contributed by atoms with Gasteiger partial charge in [0, 0.05) is 36.9 Å². The van der Waals surface area contributed by atoms with Gasteiger partial charge in [0.25, 0.3) is 5.91 Å². The quantitative estimate of drug-likeness (QED) is 0.266. The van der Waals surface area contributed by atoms with Gasteiger partial charge >= 0.3 is 0 Å². The summed E-state index contributed by atoms with van der Waals surface area (Å²) >= 11 is 1.70. The van der Waals surface area contributed by atoms with Gasteiger partial charge < -0.3 is 20.3 Å². The van der Waals surface area contributed by atoms with E-state index in [1.165, 1.54) is 12.8 Å². The molecule has 0 radical (unpaired) electrons. The van der Waals surface area contributed by atoms with E-state index in [0.717, 1.165) is 37.1 Å². The standard InChI is InChI=1S/C23H37N5OS/c1-17(2)8-6-11-24-12-7-13-25-23(29)20-14-21(26-16-19-9-10-19)27-22(15-20)28(5)30-18(3)4/h14-15,17-19,24H,7,9-13,16H2,1-5H3,(H,25,29)(H,26,27). The molecule has 1 saturated carbocycles. The number of nitrogens with zero attached hydrogens (tertiary/aromatic N) is 2. The van der Waals surface area contributed by atoms with Crippen LogP contribution in [0.4, 0.5) is 11.6 Å². The molecule has 0 bridgehead atoms. The van der Waals surface area contributed by atoms with E-state index in [2.05, 4.69) is 55.5 Å². The minimum absolute atomic E-state index is 0.0596. The summed E-state index contributed by atoms with van der Waals surface area (Å²) in [7, 11) is 1.99. The molecule has 1 fully saturated rings. The van der Waals surface area contributed by atoms with Crippen molar-refractivity contribution in [1.29, 1.82) is 0 Å². The highest BCUT2D eigenvalue weighted by Gasteiger charge is 2.21. The van der Waals surface area contributed by atoms with Crippen molar-refractivity contribution in [2.45, 2.75) is 52.2 Å². The Balaban J connectivity index is 1.88. The number of nitrogens with one attached hydrogen (secondary N) is 3. The Kier molecular flexibility index (Phi) is 10.3. The zero-order valence-corrected chi connectivity index (χ0v) is 19.9. The molecular weight excluding hydrogens is 394 g/mol. The third-order valence-electron chi connectivity index (χ3n) is 4.45. The van der Waals surface area contributed by atoms with Crippen molar-refractivity contribution in [3.63, 3.8) is 0 Å². The molecule has 1 aliphatic carbocycles. The fraction of sp³-hybridized carbons (Fsp3) is 0.652. The van der Waals surface area contributed by atoms with Gasteiger partial charge in [-0.15, -0.1) is 0 Å². The molecule has 3 N–H and O–H groups in total. The van der Waals surface area contributed by atoms with Crippen LogP contribution in [0.3, 0.4) is 0 Å². The van der Waals surface area contributed by atoms with Crippen LogP contribution >= 0.6 is 11.9 Å². The monoisotopic (exact) mass is 431 g/mol. The van der Waals surface area contributed by atoms with Gasteiger partial charge in [-0.1, -0.05) is 39.5 Å². The van der Waals surface area contributed by atoms with Crippen LogP contribution in [0, 0.1) is 23.7 Å². The van der Waals surface area contributed by atoms with E-state index in [4.69, 9.17) is 4.98 Å². The summed E-state index contributed by atoms with van der Waals surface area (Å²) in [5.74, 6) is 8.88. The van der Waals surface area contributed by atoms with Crippen molar-refractivity contribution in [2.75, 3.05) is 42.8 Å². The van der Waals surface area contributed by atoms with Crippen LogP contribution in [0.25, 0.3) is 0 Å². The number of amides is 1. The third-order valence-corrected chi connectivity index (χ3v) is 5.38. The average Bonchev–Trinajstić information content (AvgIpc) is 3.51. The van der Waals surface area contributed by atoms with Crippen LogP contribution in [-0.2, 0) is 0 Å². The SMILES string of the molecule is CC(C)C#CCNCCCNC(=O)c1cc(NCC2CC2)nc(N(C)SC(C)C)c1. The number of pyridine rings is 1. The van der Waals surface area contributed by atoms with E-state index in [9.17, 15) is 4.79 Å². The molecule has 0 spiro atoms. The predicted octanol–water partition coefficient (Wildman–Crippen LogP) is 3.77. The van der Waals surface area contributed by atoms with Gasteiger partial charge in [0.2, 0.25) is 0 Å². The Morgan fingerprint density at radius 3 is 2.70 bits per heavy atom. The maximum absolute atomic E-state index is 12.7. The zero-order valence-electron chi connectivity index (χ0n) is 19.0. The summed E-state index contributed by atoms with van der Waals surface area (Å²) in [6.45, 7) is 11.5. The molecule has 166 valence electrons. The smallest absolute Gasteiger partial charge is 0.251 e. The van der Waals surface area contributed by atoms with E-state index in [1.807, 2.05) is 23.5 Å². The molecule has 0 atom stereocenters. The maximum Gasteiger partial charge on any atom is 0.251 e. The summed E-state index contributed by atoms with van der Waals surface area (Å²) in [6, 6.07) is 3.72. The highest BCUT2D eigenvalue weighted by Crippen LogP contribution is 2.30. The fourth-order valence-corrected chi connectivity index (χ4v) is 3.60. The molecule has 0 saturated heterocycles. The minimum atomic E-state index is -0.0596. The number of rotatable bonds is 12. The summed E-state index contributed by atoms with van der Waals surface area (Å²) in [6.07, 6.45) is 3.42. The number of carbonyl (C=O) groups excluding carboxylic acids is 1. The zero-order chi connectivity index (χ0) is 21.9. The summed E-state index contributed by atoms with van der Waals surface area (Å²) in [5.41, 5.74) is 0.644. The fourth-order valence-electron chi connectivity index (χ4n) is 2.76. The topological polar surface area (TPSA) is 69.3 Å². The molecule has 0 unspecified atom stereocenters. The van der Waals surface area contributed by atoms with Gasteiger partial charge in [0.1, 0.15) is 11.6 Å². The average molecular weight is 432 g/mol. The molecule has 30 heavy (non-hydrogen) atoms.